The Hall–Kier alpha value is -2.55. The van der Waals surface area contributed by atoms with Crippen molar-refractivity contribution >= 4 is 28.2 Å². The van der Waals surface area contributed by atoms with Gasteiger partial charge in [-0.2, -0.15) is 10.6 Å². The predicted octanol–water partition coefficient (Wildman–Crippen LogP) is 4.71. The van der Waals surface area contributed by atoms with Gasteiger partial charge in [-0.15, -0.1) is 0 Å². The first-order chi connectivity index (χ1) is 15.9. The second kappa shape index (κ2) is 9.00. The summed E-state index contributed by atoms with van der Waals surface area (Å²) in [4.78, 5) is 29.1. The second-order valence-corrected chi connectivity index (χ2v) is 11.8. The number of rotatable bonds is 3. The summed E-state index contributed by atoms with van der Waals surface area (Å²) in [5.74, 6) is 0.803. The number of carbonyl (C=O) groups excluding carboxylic acids is 2. The summed E-state index contributed by atoms with van der Waals surface area (Å²) >= 11 is 0. The van der Waals surface area contributed by atoms with Crippen molar-refractivity contribution in [2.75, 3.05) is 29.9 Å². The minimum atomic E-state index is -2.55. The van der Waals surface area contributed by atoms with Gasteiger partial charge >= 0.3 is 6.03 Å². The van der Waals surface area contributed by atoms with Crippen LogP contribution in [0, 0.1) is 5.92 Å². The van der Waals surface area contributed by atoms with Crippen LogP contribution in [0.25, 0.3) is 0 Å². The van der Waals surface area contributed by atoms with Gasteiger partial charge in [0, 0.05) is 43.4 Å². The Balaban J connectivity index is 1.12. The first kappa shape index (κ1) is 22.3. The van der Waals surface area contributed by atoms with E-state index in [2.05, 4.69) is 29.6 Å². The van der Waals surface area contributed by atoms with E-state index in [-0.39, 0.29) is 23.6 Å². The molecule has 2 aromatic rings. The molecule has 0 aromatic heterocycles. The van der Waals surface area contributed by atoms with Crippen LogP contribution in [0.15, 0.2) is 48.5 Å². The predicted molar refractivity (Wildman–Crippen MR) is 130 cm³/mol. The number of amides is 3. The summed E-state index contributed by atoms with van der Waals surface area (Å²) < 4.78 is 19.6. The quantitative estimate of drug-likeness (QED) is 0.607. The summed E-state index contributed by atoms with van der Waals surface area (Å²) in [5, 5.41) is 3.00. The van der Waals surface area contributed by atoms with Crippen molar-refractivity contribution in [2.24, 2.45) is 5.92 Å². The summed E-state index contributed by atoms with van der Waals surface area (Å²) in [6.07, 6.45) is 2.37. The molecule has 0 saturated carbocycles. The van der Waals surface area contributed by atoms with E-state index in [0.717, 1.165) is 18.5 Å². The third-order valence-corrected chi connectivity index (χ3v) is 9.00. The van der Waals surface area contributed by atoms with Gasteiger partial charge in [0.15, 0.2) is 0 Å². The van der Waals surface area contributed by atoms with Gasteiger partial charge in [0.2, 0.25) is 5.91 Å². The average Bonchev–Trinajstić information content (AvgIpc) is 3.42. The molecule has 8 heteroatoms. The van der Waals surface area contributed by atoms with E-state index >= 15 is 0 Å². The lowest BCUT2D eigenvalue weighted by Crippen LogP contribution is -2.41. The first-order valence-electron chi connectivity index (χ1n) is 11.6. The summed E-state index contributed by atoms with van der Waals surface area (Å²) in [5.41, 5.74) is 4.42. The zero-order valence-corrected chi connectivity index (χ0v) is 19.5. The van der Waals surface area contributed by atoms with E-state index in [4.69, 9.17) is 0 Å². The summed E-state index contributed by atoms with van der Waals surface area (Å²) in [7, 11) is -2.55. The Morgan fingerprint density at radius 2 is 1.52 bits per heavy atom. The highest BCUT2D eigenvalue weighted by Crippen LogP contribution is 2.49. The van der Waals surface area contributed by atoms with Crippen LogP contribution in [-0.4, -0.2) is 55.4 Å². The van der Waals surface area contributed by atoms with Gasteiger partial charge in [0.1, 0.15) is 0 Å². The zero-order valence-electron chi connectivity index (χ0n) is 18.7. The van der Waals surface area contributed by atoms with Gasteiger partial charge in [-0.3, -0.25) is 13.9 Å². The number of urea groups is 1. The minimum Gasteiger partial charge on any atom is -0.342 e. The van der Waals surface area contributed by atoms with Crippen molar-refractivity contribution in [1.29, 1.82) is 0 Å². The number of hydrogen-bond acceptors (Lipinski definition) is 4. The fourth-order valence-corrected chi connectivity index (χ4v) is 7.01. The van der Waals surface area contributed by atoms with Crippen molar-refractivity contribution in [3.8, 4) is 0 Å². The van der Waals surface area contributed by atoms with Gasteiger partial charge in [0.05, 0.1) is 5.92 Å². The van der Waals surface area contributed by atoms with Crippen molar-refractivity contribution in [3.63, 3.8) is 0 Å². The van der Waals surface area contributed by atoms with Gasteiger partial charge in [-0.05, 0) is 54.0 Å². The Morgan fingerprint density at radius 3 is 2.09 bits per heavy atom. The molecule has 3 aliphatic heterocycles. The van der Waals surface area contributed by atoms with E-state index in [9.17, 15) is 18.7 Å². The molecule has 33 heavy (non-hydrogen) atoms. The normalized spacial score (nSPS) is 23.3. The van der Waals surface area contributed by atoms with E-state index < -0.39 is 10.6 Å². The fraction of sp³-hybridized carbons (Fsp3) is 0.440. The summed E-state index contributed by atoms with van der Waals surface area (Å²) in [6.45, 7) is 2.68. The molecule has 1 unspecified atom stereocenters. The lowest BCUT2D eigenvalue weighted by molar-refractivity contribution is -0.135. The van der Waals surface area contributed by atoms with Crippen LogP contribution in [0.1, 0.15) is 41.9 Å². The maximum absolute atomic E-state index is 12.7. The highest BCUT2D eigenvalue weighted by Gasteiger charge is 2.36. The van der Waals surface area contributed by atoms with Crippen LogP contribution in [0.4, 0.5) is 10.5 Å². The Bertz CT molecular complexity index is 1010. The number of fused-ring (bicyclic) bond motifs is 1. The molecule has 2 fully saturated rings. The molecule has 176 valence electrons. The highest BCUT2D eigenvalue weighted by atomic mass is 32.3. The molecule has 3 aliphatic rings. The molecule has 7 nitrogen and oxygen atoms in total. The number of hydrogen-bond donors (Lipinski definition) is 3. The third kappa shape index (κ3) is 4.88. The Kier molecular flexibility index (Phi) is 6.07. The number of likely N-dealkylation sites (tertiary alicyclic amines) is 1. The van der Waals surface area contributed by atoms with Gasteiger partial charge in [-0.1, -0.05) is 36.4 Å². The zero-order chi connectivity index (χ0) is 23.0. The van der Waals surface area contributed by atoms with Crippen molar-refractivity contribution in [2.45, 2.75) is 38.3 Å². The first-order valence-corrected chi connectivity index (χ1v) is 13.5. The van der Waals surface area contributed by atoms with Crippen LogP contribution in [0.3, 0.4) is 0 Å². The highest BCUT2D eigenvalue weighted by molar-refractivity contribution is 8.24. The molecule has 3 amide bonds. The van der Waals surface area contributed by atoms with E-state index in [0.29, 0.717) is 44.3 Å². The number of nitrogens with zero attached hydrogens (tertiary/aromatic N) is 2. The van der Waals surface area contributed by atoms with E-state index in [1.807, 2.05) is 34.1 Å². The molecule has 1 atom stereocenters. The Morgan fingerprint density at radius 1 is 0.879 bits per heavy atom. The molecular weight excluding hydrogens is 438 g/mol. The summed E-state index contributed by atoms with van der Waals surface area (Å²) in [6, 6.07) is 16.1. The van der Waals surface area contributed by atoms with E-state index in [1.165, 1.54) is 16.7 Å². The van der Waals surface area contributed by atoms with Crippen LogP contribution in [0.5, 0.6) is 0 Å². The van der Waals surface area contributed by atoms with Gasteiger partial charge < -0.3 is 15.1 Å². The molecule has 3 N–H and O–H groups in total. The number of nitrogens with one attached hydrogen (secondary N) is 1. The maximum atomic E-state index is 12.7. The lowest BCUT2D eigenvalue weighted by Gasteiger charge is -2.34. The number of carbonyl (C=O) groups is 2. The number of piperidine rings is 1. The van der Waals surface area contributed by atoms with Crippen LogP contribution < -0.4 is 5.32 Å². The molecule has 0 bridgehead atoms. The molecule has 0 radical (unpaired) electrons. The van der Waals surface area contributed by atoms with Crippen LogP contribution in [0.2, 0.25) is 0 Å². The number of anilines is 1. The van der Waals surface area contributed by atoms with Gasteiger partial charge in [0.25, 0.3) is 0 Å². The van der Waals surface area contributed by atoms with Crippen LogP contribution >= 0.6 is 10.6 Å². The lowest BCUT2D eigenvalue weighted by atomic mass is 9.89. The van der Waals surface area contributed by atoms with Crippen LogP contribution in [-0.2, 0) is 17.9 Å². The molecule has 5 rings (SSSR count). The standard InChI is InChI=1S/C25H31N3O4S/c29-24(22-11-14-33(31,32)17-22)27-12-9-19(10-13-27)18-5-7-23(8-6-18)26-25(30)28-15-20-3-1-2-4-21(20)16-28/h1-8,19,22,31-32H,9-17H2,(H,26,30). The van der Waals surface area contributed by atoms with Crippen molar-refractivity contribution < 1.29 is 18.7 Å². The molecule has 2 saturated heterocycles. The Labute approximate surface area is 196 Å². The molecular formula is C25H31N3O4S. The number of benzene rings is 2. The van der Waals surface area contributed by atoms with Crippen molar-refractivity contribution in [3.05, 3.63) is 65.2 Å². The van der Waals surface area contributed by atoms with E-state index in [1.54, 1.807) is 0 Å². The molecule has 2 aromatic carbocycles. The SMILES string of the molecule is O=C(Nc1ccc(C2CCN(C(=O)C3CCS(O)(O)C3)CC2)cc1)N1Cc2ccccc2C1. The maximum Gasteiger partial charge on any atom is 0.322 e. The second-order valence-electron chi connectivity index (χ2n) is 9.44. The molecule has 0 spiro atoms. The largest absolute Gasteiger partial charge is 0.342 e. The topological polar surface area (TPSA) is 93.1 Å². The molecule has 3 heterocycles. The third-order valence-electron chi connectivity index (χ3n) is 7.18. The smallest absolute Gasteiger partial charge is 0.322 e. The minimum absolute atomic E-state index is 0.0769. The van der Waals surface area contributed by atoms with Gasteiger partial charge in [-0.25, -0.2) is 4.79 Å². The molecule has 0 aliphatic carbocycles. The van der Waals surface area contributed by atoms with Crippen molar-refractivity contribution in [1.82, 2.24) is 9.80 Å². The fourth-order valence-electron chi connectivity index (χ4n) is 5.22. The monoisotopic (exact) mass is 469 g/mol. The average molecular weight is 470 g/mol.